The monoisotopic (exact) mass is 233 g/mol. The van der Waals surface area contributed by atoms with Gasteiger partial charge in [0, 0.05) is 5.56 Å². The van der Waals surface area contributed by atoms with E-state index in [1.54, 1.807) is 24.6 Å². The second-order valence-electron chi connectivity index (χ2n) is 3.04. The minimum atomic E-state index is 0.467. The van der Waals surface area contributed by atoms with Crippen molar-refractivity contribution in [3.05, 3.63) is 29.3 Å². The van der Waals surface area contributed by atoms with E-state index in [1.807, 2.05) is 13.0 Å². The van der Waals surface area contributed by atoms with Crippen LogP contribution in [0.25, 0.3) is 0 Å². The summed E-state index contributed by atoms with van der Waals surface area (Å²) in [5, 5.41) is 11.4. The number of thioether (sulfide) groups is 1. The molecule has 0 unspecified atom stereocenters. The molecule has 0 aliphatic carbocycles. The Morgan fingerprint density at radius 3 is 2.94 bits per heavy atom. The van der Waals surface area contributed by atoms with E-state index in [9.17, 15) is 4.79 Å². The smallest absolute Gasteiger partial charge is 0.183 e. The minimum absolute atomic E-state index is 0.467. The molecule has 16 heavy (non-hydrogen) atoms. The van der Waals surface area contributed by atoms with Crippen molar-refractivity contribution in [2.24, 2.45) is 4.99 Å². The first-order valence-corrected chi connectivity index (χ1v) is 5.77. The maximum atomic E-state index is 10.8. The van der Waals surface area contributed by atoms with Gasteiger partial charge in [0.05, 0.1) is 5.69 Å². The number of benzene rings is 1. The molecule has 0 bridgehead atoms. The highest BCUT2D eigenvalue weighted by molar-refractivity contribution is 8.13. The van der Waals surface area contributed by atoms with Gasteiger partial charge >= 0.3 is 0 Å². The molecule has 0 amide bonds. The molecule has 0 atom stereocenters. The highest BCUT2D eigenvalue weighted by Gasteiger charge is 2.02. The van der Waals surface area contributed by atoms with Crippen molar-refractivity contribution in [2.75, 3.05) is 6.26 Å². The number of nitriles is 1. The van der Waals surface area contributed by atoms with E-state index < -0.39 is 0 Å². The fraction of sp³-hybridized carbons (Fsp3) is 0.182. The molecular formula is C11H11N3OS. The molecule has 0 aromatic heterocycles. The van der Waals surface area contributed by atoms with Gasteiger partial charge < -0.3 is 0 Å². The molecule has 1 rings (SSSR count). The Kier molecular flexibility index (Phi) is 4.55. The molecule has 1 aromatic rings. The van der Waals surface area contributed by atoms with Gasteiger partial charge in [0.25, 0.3) is 0 Å². The van der Waals surface area contributed by atoms with Gasteiger partial charge in [-0.25, -0.2) is 4.99 Å². The van der Waals surface area contributed by atoms with E-state index >= 15 is 0 Å². The summed E-state index contributed by atoms with van der Waals surface area (Å²) >= 11 is 1.31. The van der Waals surface area contributed by atoms with Crippen LogP contribution in [0.4, 0.5) is 5.69 Å². The predicted octanol–water partition coefficient (Wildman–Crippen LogP) is 2.23. The van der Waals surface area contributed by atoms with Crippen molar-refractivity contribution in [3.63, 3.8) is 0 Å². The average Bonchev–Trinajstić information content (AvgIpc) is 2.30. The fourth-order valence-electron chi connectivity index (χ4n) is 1.15. The van der Waals surface area contributed by atoms with Gasteiger partial charge in [-0.3, -0.25) is 10.1 Å². The molecule has 0 aliphatic heterocycles. The lowest BCUT2D eigenvalue weighted by Crippen LogP contribution is -2.12. The van der Waals surface area contributed by atoms with Gasteiger partial charge in [-0.15, -0.1) is 0 Å². The lowest BCUT2D eigenvalue weighted by Gasteiger charge is -2.03. The van der Waals surface area contributed by atoms with Gasteiger partial charge in [-0.2, -0.15) is 5.26 Å². The highest BCUT2D eigenvalue weighted by atomic mass is 32.2. The van der Waals surface area contributed by atoms with Crippen LogP contribution in [0, 0.1) is 18.4 Å². The van der Waals surface area contributed by atoms with Gasteiger partial charge in [0.1, 0.15) is 0 Å². The fourth-order valence-corrected chi connectivity index (χ4v) is 1.49. The number of amidine groups is 1. The zero-order valence-electron chi connectivity index (χ0n) is 9.02. The van der Waals surface area contributed by atoms with Crippen molar-refractivity contribution < 1.29 is 4.79 Å². The van der Waals surface area contributed by atoms with Crippen LogP contribution in [0.15, 0.2) is 23.2 Å². The second kappa shape index (κ2) is 5.93. The van der Waals surface area contributed by atoms with Crippen molar-refractivity contribution in [2.45, 2.75) is 6.92 Å². The third-order valence-corrected chi connectivity index (χ3v) is 2.47. The van der Waals surface area contributed by atoms with E-state index in [0.717, 1.165) is 11.8 Å². The minimum Gasteiger partial charge on any atom is -0.298 e. The Labute approximate surface area is 98.4 Å². The number of nitrogens with zero attached hydrogens (tertiary/aromatic N) is 2. The SMILES string of the molecule is CSC(=Nc1ccc(C)cc1C=O)NC#N. The maximum Gasteiger partial charge on any atom is 0.183 e. The largest absolute Gasteiger partial charge is 0.298 e. The number of carbonyl (C=O) groups excluding carboxylic acids is 1. The van der Waals surface area contributed by atoms with Gasteiger partial charge in [-0.05, 0) is 25.3 Å². The van der Waals surface area contributed by atoms with Crippen molar-refractivity contribution in [3.8, 4) is 6.19 Å². The van der Waals surface area contributed by atoms with Crippen molar-refractivity contribution >= 4 is 28.9 Å². The summed E-state index contributed by atoms with van der Waals surface area (Å²) in [4.78, 5) is 15.0. The summed E-state index contributed by atoms with van der Waals surface area (Å²) in [7, 11) is 0. The number of nitrogens with one attached hydrogen (secondary N) is 1. The summed E-state index contributed by atoms with van der Waals surface area (Å²) < 4.78 is 0. The molecule has 0 radical (unpaired) electrons. The zero-order valence-corrected chi connectivity index (χ0v) is 9.84. The number of hydrogen-bond donors (Lipinski definition) is 1. The van der Waals surface area contributed by atoms with Crippen molar-refractivity contribution in [1.29, 1.82) is 5.26 Å². The summed E-state index contributed by atoms with van der Waals surface area (Å²) in [5.74, 6) is 0. The normalized spacial score (nSPS) is 10.7. The number of aliphatic imine (C=N–C) groups is 1. The first kappa shape index (κ1) is 12.3. The maximum absolute atomic E-state index is 10.8. The zero-order chi connectivity index (χ0) is 12.0. The Morgan fingerprint density at radius 2 is 2.38 bits per heavy atom. The first-order valence-electron chi connectivity index (χ1n) is 4.55. The Bertz CT molecular complexity index is 463. The van der Waals surface area contributed by atoms with Crippen LogP contribution in [-0.2, 0) is 0 Å². The quantitative estimate of drug-likeness (QED) is 0.280. The molecule has 0 aliphatic rings. The molecule has 0 saturated carbocycles. The first-order chi connectivity index (χ1) is 7.71. The third kappa shape index (κ3) is 3.11. The molecule has 5 heteroatoms. The van der Waals surface area contributed by atoms with Crippen LogP contribution < -0.4 is 5.32 Å². The van der Waals surface area contributed by atoms with Crippen LogP contribution in [0.5, 0.6) is 0 Å². The van der Waals surface area contributed by atoms with Gasteiger partial charge in [-0.1, -0.05) is 23.4 Å². The van der Waals surface area contributed by atoms with Crippen LogP contribution in [0.3, 0.4) is 0 Å². The molecule has 1 N–H and O–H groups in total. The molecule has 0 saturated heterocycles. The van der Waals surface area contributed by atoms with Crippen molar-refractivity contribution in [1.82, 2.24) is 5.32 Å². The van der Waals surface area contributed by atoms with E-state index in [-0.39, 0.29) is 0 Å². The molecule has 0 spiro atoms. The van der Waals surface area contributed by atoms with Crippen LogP contribution in [0.2, 0.25) is 0 Å². The number of rotatable bonds is 2. The molecule has 82 valence electrons. The molecule has 0 fully saturated rings. The summed E-state index contributed by atoms with van der Waals surface area (Å²) in [5.41, 5.74) is 2.08. The van der Waals surface area contributed by atoms with Crippen LogP contribution in [-0.4, -0.2) is 17.7 Å². The second-order valence-corrected chi connectivity index (χ2v) is 3.83. The topological polar surface area (TPSA) is 65.2 Å². The molecule has 0 heterocycles. The standard InChI is InChI=1S/C11H11N3OS/c1-8-3-4-10(9(5-8)6-15)14-11(16-2)13-7-12/h3-6H,1-2H3,(H,13,14). The molecular weight excluding hydrogens is 222 g/mol. The summed E-state index contributed by atoms with van der Waals surface area (Å²) in [6.07, 6.45) is 4.36. The van der Waals surface area contributed by atoms with E-state index in [2.05, 4.69) is 10.3 Å². The van der Waals surface area contributed by atoms with Gasteiger partial charge in [0.15, 0.2) is 17.6 Å². The number of aryl methyl sites for hydroxylation is 1. The lowest BCUT2D eigenvalue weighted by molar-refractivity contribution is 0.112. The van der Waals surface area contributed by atoms with E-state index in [0.29, 0.717) is 16.4 Å². The van der Waals surface area contributed by atoms with E-state index in [1.165, 1.54) is 11.8 Å². The summed E-state index contributed by atoms with van der Waals surface area (Å²) in [6, 6.07) is 5.39. The molecule has 1 aromatic carbocycles. The number of aldehydes is 1. The number of hydrogen-bond acceptors (Lipinski definition) is 4. The Hall–Kier alpha value is -1.80. The number of carbonyl (C=O) groups is 1. The van der Waals surface area contributed by atoms with Crippen LogP contribution in [0.1, 0.15) is 15.9 Å². The Morgan fingerprint density at radius 1 is 1.62 bits per heavy atom. The van der Waals surface area contributed by atoms with Crippen LogP contribution >= 0.6 is 11.8 Å². The third-order valence-electron chi connectivity index (χ3n) is 1.89. The predicted molar refractivity (Wildman–Crippen MR) is 65.9 cm³/mol. The van der Waals surface area contributed by atoms with Gasteiger partial charge in [0.2, 0.25) is 0 Å². The average molecular weight is 233 g/mol. The van der Waals surface area contributed by atoms with E-state index in [4.69, 9.17) is 5.26 Å². The highest BCUT2D eigenvalue weighted by Crippen LogP contribution is 2.20. The lowest BCUT2D eigenvalue weighted by atomic mass is 10.1. The molecule has 4 nitrogen and oxygen atoms in total. The summed E-state index contributed by atoms with van der Waals surface area (Å²) in [6.45, 7) is 1.91. The Balaban J connectivity index is 3.13.